The first-order chi connectivity index (χ1) is 15.2. The van der Waals surface area contributed by atoms with Crippen molar-refractivity contribution in [1.29, 1.82) is 0 Å². The largest absolute Gasteiger partial charge is 0.457 e. The molecule has 0 aliphatic carbocycles. The molecule has 0 aliphatic heterocycles. The molecular weight excluding hydrogens is 428 g/mol. The Balaban J connectivity index is 1.78. The molecule has 0 spiro atoms. The van der Waals surface area contributed by atoms with E-state index in [1.54, 1.807) is 49.5 Å². The van der Waals surface area contributed by atoms with Crippen molar-refractivity contribution in [3.8, 4) is 0 Å². The van der Waals surface area contributed by atoms with Crippen molar-refractivity contribution < 1.29 is 22.7 Å². The third kappa shape index (κ3) is 5.04. The van der Waals surface area contributed by atoms with E-state index >= 15 is 0 Å². The lowest BCUT2D eigenvalue weighted by Gasteiger charge is -2.19. The monoisotopic (exact) mass is 452 g/mol. The van der Waals surface area contributed by atoms with Gasteiger partial charge < -0.3 is 9.64 Å². The summed E-state index contributed by atoms with van der Waals surface area (Å²) in [5.41, 5.74) is 1.57. The molecule has 3 aromatic rings. The average Bonchev–Trinajstić information content (AvgIpc) is 2.82. The summed E-state index contributed by atoms with van der Waals surface area (Å²) in [5, 5.41) is 0. The van der Waals surface area contributed by atoms with Crippen molar-refractivity contribution in [2.75, 3.05) is 26.0 Å². The lowest BCUT2D eigenvalue weighted by molar-refractivity contribution is 0.0469. The Hall–Kier alpha value is -3.49. The lowest BCUT2D eigenvalue weighted by atomic mass is 10.1. The summed E-state index contributed by atoms with van der Waals surface area (Å²) in [6.07, 6.45) is 0. The standard InChI is InChI=1S/C24H24N2O5S/c1-25(2)32(29,30)20-13-9-10-18(16-20)17-31-24(28)22-15-8-7-14-21(22)23(27)26(3)19-11-5-4-6-12-19/h4-16H,17H2,1-3H3. The minimum atomic E-state index is -3.60. The predicted molar refractivity (Wildman–Crippen MR) is 122 cm³/mol. The van der Waals surface area contributed by atoms with Crippen LogP contribution in [-0.2, 0) is 21.4 Å². The van der Waals surface area contributed by atoms with E-state index < -0.39 is 16.0 Å². The van der Waals surface area contributed by atoms with Crippen LogP contribution in [0.3, 0.4) is 0 Å². The van der Waals surface area contributed by atoms with E-state index in [-0.39, 0.29) is 28.5 Å². The van der Waals surface area contributed by atoms with Crippen LogP contribution < -0.4 is 4.90 Å². The SMILES string of the molecule is CN(C(=O)c1ccccc1C(=O)OCc1cccc(S(=O)(=O)N(C)C)c1)c1ccccc1. The average molecular weight is 453 g/mol. The number of rotatable bonds is 7. The van der Waals surface area contributed by atoms with Crippen LogP contribution in [0.15, 0.2) is 83.8 Å². The topological polar surface area (TPSA) is 84.0 Å². The third-order valence-electron chi connectivity index (χ3n) is 4.87. The van der Waals surface area contributed by atoms with Crippen LogP contribution >= 0.6 is 0 Å². The zero-order chi connectivity index (χ0) is 23.3. The maximum Gasteiger partial charge on any atom is 0.339 e. The zero-order valence-corrected chi connectivity index (χ0v) is 18.9. The van der Waals surface area contributed by atoms with Crippen molar-refractivity contribution in [3.63, 3.8) is 0 Å². The molecule has 7 nitrogen and oxygen atoms in total. The molecule has 3 aromatic carbocycles. The fourth-order valence-electron chi connectivity index (χ4n) is 3.03. The smallest absolute Gasteiger partial charge is 0.339 e. The molecular formula is C24H24N2O5S. The van der Waals surface area contributed by atoms with Gasteiger partial charge in [-0.25, -0.2) is 17.5 Å². The second kappa shape index (κ2) is 9.76. The molecule has 0 N–H and O–H groups in total. The van der Waals surface area contributed by atoms with Gasteiger partial charge in [-0.1, -0.05) is 42.5 Å². The van der Waals surface area contributed by atoms with Gasteiger partial charge in [0.1, 0.15) is 6.61 Å². The van der Waals surface area contributed by atoms with Crippen LogP contribution in [0.25, 0.3) is 0 Å². The van der Waals surface area contributed by atoms with Gasteiger partial charge in [-0.15, -0.1) is 0 Å². The molecule has 0 fully saturated rings. The first kappa shape index (κ1) is 23.2. The highest BCUT2D eigenvalue weighted by molar-refractivity contribution is 7.89. The van der Waals surface area contributed by atoms with Gasteiger partial charge in [0.2, 0.25) is 10.0 Å². The van der Waals surface area contributed by atoms with Gasteiger partial charge in [0, 0.05) is 26.8 Å². The Kier molecular flexibility index (Phi) is 7.07. The summed E-state index contributed by atoms with van der Waals surface area (Å²) in [7, 11) is 0.928. The van der Waals surface area contributed by atoms with Gasteiger partial charge in [0.25, 0.3) is 5.91 Å². The molecule has 166 valence electrons. The highest BCUT2D eigenvalue weighted by Crippen LogP contribution is 2.20. The molecule has 0 saturated heterocycles. The molecule has 0 atom stereocenters. The number of esters is 1. The van der Waals surface area contributed by atoms with E-state index in [1.165, 1.54) is 37.2 Å². The Labute approximate surface area is 187 Å². The second-order valence-electron chi connectivity index (χ2n) is 7.26. The number of carbonyl (C=O) groups excluding carboxylic acids is 2. The minimum Gasteiger partial charge on any atom is -0.457 e. The van der Waals surface area contributed by atoms with E-state index in [2.05, 4.69) is 0 Å². The molecule has 32 heavy (non-hydrogen) atoms. The summed E-state index contributed by atoms with van der Waals surface area (Å²) in [5.74, 6) is -1.01. The Morgan fingerprint density at radius 2 is 1.44 bits per heavy atom. The van der Waals surface area contributed by atoms with Crippen molar-refractivity contribution in [2.45, 2.75) is 11.5 Å². The van der Waals surface area contributed by atoms with E-state index in [1.807, 2.05) is 18.2 Å². The highest BCUT2D eigenvalue weighted by Gasteiger charge is 2.22. The van der Waals surface area contributed by atoms with Gasteiger partial charge in [-0.05, 0) is 42.0 Å². The number of amides is 1. The molecule has 3 rings (SSSR count). The van der Waals surface area contributed by atoms with Crippen molar-refractivity contribution >= 4 is 27.6 Å². The summed E-state index contributed by atoms with van der Waals surface area (Å²) >= 11 is 0. The number of nitrogens with zero attached hydrogens (tertiary/aromatic N) is 2. The fourth-order valence-corrected chi connectivity index (χ4v) is 4.00. The quantitative estimate of drug-likeness (QED) is 0.512. The number of hydrogen-bond acceptors (Lipinski definition) is 5. The molecule has 1 amide bonds. The number of anilines is 1. The van der Waals surface area contributed by atoms with Crippen molar-refractivity contribution in [3.05, 3.63) is 95.6 Å². The van der Waals surface area contributed by atoms with E-state index in [4.69, 9.17) is 4.74 Å². The van der Waals surface area contributed by atoms with Crippen LogP contribution in [0, 0.1) is 0 Å². The number of ether oxygens (including phenoxy) is 1. The fraction of sp³-hybridized carbons (Fsp3) is 0.167. The zero-order valence-electron chi connectivity index (χ0n) is 18.1. The molecule has 0 aromatic heterocycles. The van der Waals surface area contributed by atoms with Gasteiger partial charge in [-0.3, -0.25) is 4.79 Å². The number of carbonyl (C=O) groups is 2. The summed E-state index contributed by atoms with van der Waals surface area (Å²) in [4.78, 5) is 27.4. The molecule has 0 saturated carbocycles. The predicted octanol–water partition coefficient (Wildman–Crippen LogP) is 3.57. The Morgan fingerprint density at radius 3 is 2.09 bits per heavy atom. The summed E-state index contributed by atoms with van der Waals surface area (Å²) in [6.45, 7) is -0.132. The molecule has 8 heteroatoms. The molecule has 0 aliphatic rings. The first-order valence-corrected chi connectivity index (χ1v) is 11.3. The second-order valence-corrected chi connectivity index (χ2v) is 9.41. The third-order valence-corrected chi connectivity index (χ3v) is 6.68. The number of benzene rings is 3. The van der Waals surface area contributed by atoms with Crippen LogP contribution in [0.4, 0.5) is 5.69 Å². The summed E-state index contributed by atoms with van der Waals surface area (Å²) in [6, 6.07) is 21.7. The maximum absolute atomic E-state index is 13.0. The Morgan fingerprint density at radius 1 is 0.812 bits per heavy atom. The molecule has 0 unspecified atom stereocenters. The van der Waals surface area contributed by atoms with Gasteiger partial charge in [0.15, 0.2) is 0 Å². The lowest BCUT2D eigenvalue weighted by Crippen LogP contribution is -2.28. The van der Waals surface area contributed by atoms with Gasteiger partial charge in [-0.2, -0.15) is 0 Å². The van der Waals surface area contributed by atoms with E-state index in [0.717, 1.165) is 4.31 Å². The first-order valence-electron chi connectivity index (χ1n) is 9.82. The number of hydrogen-bond donors (Lipinski definition) is 0. The van der Waals surface area contributed by atoms with E-state index in [0.29, 0.717) is 11.3 Å². The van der Waals surface area contributed by atoms with Gasteiger partial charge in [0.05, 0.1) is 16.0 Å². The molecule has 0 bridgehead atoms. The van der Waals surface area contributed by atoms with Crippen molar-refractivity contribution in [2.24, 2.45) is 0 Å². The molecule has 0 radical (unpaired) electrons. The number of sulfonamides is 1. The van der Waals surface area contributed by atoms with Gasteiger partial charge >= 0.3 is 5.97 Å². The van der Waals surface area contributed by atoms with Crippen molar-refractivity contribution in [1.82, 2.24) is 4.31 Å². The van der Waals surface area contributed by atoms with Crippen LogP contribution in [0.2, 0.25) is 0 Å². The molecule has 0 heterocycles. The van der Waals surface area contributed by atoms with Crippen LogP contribution in [0.1, 0.15) is 26.3 Å². The minimum absolute atomic E-state index is 0.108. The van der Waals surface area contributed by atoms with E-state index in [9.17, 15) is 18.0 Å². The summed E-state index contributed by atoms with van der Waals surface area (Å²) < 4.78 is 31.2. The highest BCUT2D eigenvalue weighted by atomic mass is 32.2. The Bertz CT molecular complexity index is 1220. The van der Waals surface area contributed by atoms with Crippen LogP contribution in [-0.4, -0.2) is 45.7 Å². The normalized spacial score (nSPS) is 11.2. The number of para-hydroxylation sites is 1. The van der Waals surface area contributed by atoms with Crippen LogP contribution in [0.5, 0.6) is 0 Å². The maximum atomic E-state index is 13.0.